The second-order valence-corrected chi connectivity index (χ2v) is 4.32. The SMILES string of the molecule is C=C(C)C1OC(=O)C=CC1OCc1ccccc1. The summed E-state index contributed by atoms with van der Waals surface area (Å²) in [6.07, 6.45) is 2.47. The van der Waals surface area contributed by atoms with E-state index in [1.165, 1.54) is 6.08 Å². The molecule has 1 aliphatic rings. The molecule has 2 unspecified atom stereocenters. The van der Waals surface area contributed by atoms with Crippen LogP contribution in [0.2, 0.25) is 0 Å². The van der Waals surface area contributed by atoms with Crippen molar-refractivity contribution in [3.05, 3.63) is 60.2 Å². The maximum atomic E-state index is 11.2. The van der Waals surface area contributed by atoms with E-state index in [1.54, 1.807) is 6.08 Å². The van der Waals surface area contributed by atoms with Gasteiger partial charge in [0.1, 0.15) is 6.10 Å². The number of benzene rings is 1. The lowest BCUT2D eigenvalue weighted by atomic mass is 10.0. The van der Waals surface area contributed by atoms with E-state index < -0.39 is 6.10 Å². The molecule has 0 aliphatic carbocycles. The van der Waals surface area contributed by atoms with Gasteiger partial charge in [0.15, 0.2) is 6.10 Å². The summed E-state index contributed by atoms with van der Waals surface area (Å²) in [5, 5.41) is 0. The molecule has 0 saturated carbocycles. The fourth-order valence-electron chi connectivity index (χ4n) is 1.80. The Hall–Kier alpha value is -1.87. The van der Waals surface area contributed by atoms with Crippen LogP contribution in [0.1, 0.15) is 12.5 Å². The molecule has 3 nitrogen and oxygen atoms in total. The minimum absolute atomic E-state index is 0.264. The van der Waals surface area contributed by atoms with Crippen LogP contribution in [0.25, 0.3) is 0 Å². The number of hydrogen-bond acceptors (Lipinski definition) is 3. The molecule has 1 aromatic carbocycles. The summed E-state index contributed by atoms with van der Waals surface area (Å²) >= 11 is 0. The van der Waals surface area contributed by atoms with Gasteiger partial charge in [-0.15, -0.1) is 0 Å². The Morgan fingerprint density at radius 1 is 1.39 bits per heavy atom. The summed E-state index contributed by atoms with van der Waals surface area (Å²) in [5.41, 5.74) is 1.87. The van der Waals surface area contributed by atoms with Crippen molar-refractivity contribution in [2.24, 2.45) is 0 Å². The van der Waals surface area contributed by atoms with Gasteiger partial charge in [-0.25, -0.2) is 4.79 Å². The van der Waals surface area contributed by atoms with Crippen LogP contribution in [-0.2, 0) is 20.9 Å². The number of esters is 1. The van der Waals surface area contributed by atoms with Crippen molar-refractivity contribution in [1.29, 1.82) is 0 Å². The minimum Gasteiger partial charge on any atom is -0.452 e. The number of carbonyl (C=O) groups is 1. The molecule has 0 amide bonds. The van der Waals surface area contributed by atoms with Gasteiger partial charge in [-0.1, -0.05) is 36.9 Å². The van der Waals surface area contributed by atoms with E-state index in [-0.39, 0.29) is 12.1 Å². The molecule has 3 heteroatoms. The van der Waals surface area contributed by atoms with E-state index in [9.17, 15) is 4.79 Å². The number of carbonyl (C=O) groups excluding carboxylic acids is 1. The number of cyclic esters (lactones) is 1. The van der Waals surface area contributed by atoms with E-state index in [0.29, 0.717) is 6.61 Å². The topological polar surface area (TPSA) is 35.5 Å². The monoisotopic (exact) mass is 244 g/mol. The van der Waals surface area contributed by atoms with Crippen LogP contribution in [0.15, 0.2) is 54.6 Å². The molecule has 1 heterocycles. The summed E-state index contributed by atoms with van der Waals surface area (Å²) in [6, 6.07) is 9.88. The van der Waals surface area contributed by atoms with Crippen LogP contribution in [0, 0.1) is 0 Å². The molecule has 1 aromatic rings. The standard InChI is InChI=1S/C15H16O3/c1-11(2)15-13(8-9-14(16)18-15)17-10-12-6-4-3-5-7-12/h3-9,13,15H,1,10H2,2H3. The summed E-state index contributed by atoms with van der Waals surface area (Å²) in [4.78, 5) is 11.2. The summed E-state index contributed by atoms with van der Waals surface area (Å²) in [6.45, 7) is 6.14. The summed E-state index contributed by atoms with van der Waals surface area (Å²) in [7, 11) is 0. The van der Waals surface area contributed by atoms with E-state index in [0.717, 1.165) is 11.1 Å². The Bertz CT molecular complexity index is 462. The van der Waals surface area contributed by atoms with Crippen molar-refractivity contribution in [1.82, 2.24) is 0 Å². The Kier molecular flexibility index (Phi) is 3.95. The van der Waals surface area contributed by atoms with Crippen LogP contribution in [-0.4, -0.2) is 18.2 Å². The van der Waals surface area contributed by atoms with E-state index in [2.05, 4.69) is 6.58 Å². The maximum absolute atomic E-state index is 11.2. The fourth-order valence-corrected chi connectivity index (χ4v) is 1.80. The van der Waals surface area contributed by atoms with Crippen LogP contribution < -0.4 is 0 Å². The highest BCUT2D eigenvalue weighted by atomic mass is 16.6. The molecule has 0 bridgehead atoms. The molecule has 1 aliphatic heterocycles. The van der Waals surface area contributed by atoms with E-state index in [1.807, 2.05) is 37.3 Å². The van der Waals surface area contributed by atoms with Crippen LogP contribution in [0.5, 0.6) is 0 Å². The van der Waals surface area contributed by atoms with Crippen molar-refractivity contribution in [3.63, 3.8) is 0 Å². The molecule has 94 valence electrons. The number of rotatable bonds is 4. The van der Waals surface area contributed by atoms with E-state index >= 15 is 0 Å². The first-order valence-electron chi connectivity index (χ1n) is 5.86. The van der Waals surface area contributed by atoms with Gasteiger partial charge in [0, 0.05) is 6.08 Å². The predicted octanol–water partition coefficient (Wildman–Crippen LogP) is 2.63. The second kappa shape index (κ2) is 5.65. The highest BCUT2D eigenvalue weighted by molar-refractivity contribution is 5.83. The van der Waals surface area contributed by atoms with Gasteiger partial charge in [-0.3, -0.25) is 0 Å². The molecule has 18 heavy (non-hydrogen) atoms. The first-order valence-corrected chi connectivity index (χ1v) is 5.86. The van der Waals surface area contributed by atoms with Crippen molar-refractivity contribution in [2.75, 3.05) is 0 Å². The molecule has 0 fully saturated rings. The van der Waals surface area contributed by atoms with Gasteiger partial charge in [0.05, 0.1) is 6.61 Å². The molecule has 0 radical (unpaired) electrons. The number of ether oxygens (including phenoxy) is 2. The lowest BCUT2D eigenvalue weighted by Crippen LogP contribution is -2.35. The third kappa shape index (κ3) is 3.08. The smallest absolute Gasteiger partial charge is 0.331 e. The highest BCUT2D eigenvalue weighted by Crippen LogP contribution is 2.19. The Morgan fingerprint density at radius 2 is 2.11 bits per heavy atom. The van der Waals surface area contributed by atoms with Gasteiger partial charge < -0.3 is 9.47 Å². The normalized spacial score (nSPS) is 22.6. The largest absolute Gasteiger partial charge is 0.452 e. The highest BCUT2D eigenvalue weighted by Gasteiger charge is 2.27. The maximum Gasteiger partial charge on any atom is 0.331 e. The van der Waals surface area contributed by atoms with Gasteiger partial charge >= 0.3 is 5.97 Å². The van der Waals surface area contributed by atoms with Crippen LogP contribution in [0.3, 0.4) is 0 Å². The molecule has 2 atom stereocenters. The van der Waals surface area contributed by atoms with Gasteiger partial charge in [0.25, 0.3) is 0 Å². The zero-order valence-corrected chi connectivity index (χ0v) is 10.3. The van der Waals surface area contributed by atoms with Crippen molar-refractivity contribution < 1.29 is 14.3 Å². The Balaban J connectivity index is 2.01. The van der Waals surface area contributed by atoms with Gasteiger partial charge in [-0.2, -0.15) is 0 Å². The minimum atomic E-state index is -0.397. The molecular weight excluding hydrogens is 228 g/mol. The first-order chi connectivity index (χ1) is 8.66. The molecule has 0 spiro atoms. The molecular formula is C15H16O3. The zero-order chi connectivity index (χ0) is 13.0. The molecule has 0 saturated heterocycles. The van der Waals surface area contributed by atoms with E-state index in [4.69, 9.17) is 9.47 Å². The first kappa shape index (κ1) is 12.6. The average molecular weight is 244 g/mol. The Morgan fingerprint density at radius 3 is 2.78 bits per heavy atom. The lowest BCUT2D eigenvalue weighted by molar-refractivity contribution is -0.149. The summed E-state index contributed by atoms with van der Waals surface area (Å²) < 4.78 is 11.0. The second-order valence-electron chi connectivity index (χ2n) is 4.32. The molecule has 0 aromatic heterocycles. The molecule has 0 N–H and O–H groups in total. The van der Waals surface area contributed by atoms with Crippen molar-refractivity contribution in [3.8, 4) is 0 Å². The third-order valence-electron chi connectivity index (χ3n) is 2.73. The molecule has 2 rings (SSSR count). The van der Waals surface area contributed by atoms with Crippen molar-refractivity contribution in [2.45, 2.75) is 25.7 Å². The Labute approximate surface area is 107 Å². The predicted molar refractivity (Wildman–Crippen MR) is 68.9 cm³/mol. The van der Waals surface area contributed by atoms with Gasteiger partial charge in [-0.05, 0) is 24.1 Å². The fraction of sp³-hybridized carbons (Fsp3) is 0.267. The van der Waals surface area contributed by atoms with Gasteiger partial charge in [0.2, 0.25) is 0 Å². The lowest BCUT2D eigenvalue weighted by Gasteiger charge is -2.27. The third-order valence-corrected chi connectivity index (χ3v) is 2.73. The summed E-state index contributed by atoms with van der Waals surface area (Å²) in [5.74, 6) is -0.345. The van der Waals surface area contributed by atoms with Crippen LogP contribution in [0.4, 0.5) is 0 Å². The quantitative estimate of drug-likeness (QED) is 0.603. The van der Waals surface area contributed by atoms with Crippen molar-refractivity contribution >= 4 is 5.97 Å². The average Bonchev–Trinajstić information content (AvgIpc) is 2.38. The van der Waals surface area contributed by atoms with Crippen LogP contribution >= 0.6 is 0 Å². The zero-order valence-electron chi connectivity index (χ0n) is 10.3. The number of hydrogen-bond donors (Lipinski definition) is 0.